The van der Waals surface area contributed by atoms with E-state index in [-0.39, 0.29) is 0 Å². The molecule has 0 amide bonds. The van der Waals surface area contributed by atoms with E-state index in [0.717, 1.165) is 24.7 Å². The Morgan fingerprint density at radius 1 is 0.594 bits per heavy atom. The van der Waals surface area contributed by atoms with Crippen molar-refractivity contribution in [2.75, 3.05) is 0 Å². The maximum atomic E-state index is 2.39. The van der Waals surface area contributed by atoms with Gasteiger partial charge < -0.3 is 0 Å². The van der Waals surface area contributed by atoms with E-state index in [2.05, 4.69) is 107 Å². The summed E-state index contributed by atoms with van der Waals surface area (Å²) < 4.78 is 0. The van der Waals surface area contributed by atoms with Gasteiger partial charge in [0.1, 0.15) is 0 Å². The van der Waals surface area contributed by atoms with Crippen LogP contribution in [0.5, 0.6) is 0 Å². The molecule has 0 saturated heterocycles. The van der Waals surface area contributed by atoms with Gasteiger partial charge in [-0.25, -0.2) is 0 Å². The molecule has 1 fully saturated rings. The molecule has 2 rings (SSSR count). The van der Waals surface area contributed by atoms with Crippen LogP contribution in [0.2, 0.25) is 0 Å². The van der Waals surface area contributed by atoms with Crippen LogP contribution in [0.3, 0.4) is 0 Å². The lowest BCUT2D eigenvalue weighted by molar-refractivity contribution is 0.161. The molecule has 0 heterocycles. The Morgan fingerprint density at radius 2 is 0.969 bits per heavy atom. The number of benzene rings is 1. The fourth-order valence-corrected chi connectivity index (χ4v) is 5.58. The van der Waals surface area contributed by atoms with Gasteiger partial charge in [-0.3, -0.25) is 0 Å². The zero-order valence-corrected chi connectivity index (χ0v) is 24.1. The molecule has 1 saturated carbocycles. The minimum absolute atomic E-state index is 0.375. The molecule has 0 N–H and O–H groups in total. The van der Waals surface area contributed by atoms with E-state index >= 15 is 0 Å². The third kappa shape index (κ3) is 15.1. The molecule has 0 heteroatoms. The highest BCUT2D eigenvalue weighted by molar-refractivity contribution is 5.25. The van der Waals surface area contributed by atoms with Crippen LogP contribution in [0.4, 0.5) is 0 Å². The minimum Gasteiger partial charge on any atom is -0.0617 e. The fraction of sp³-hybridized carbons (Fsp3) is 0.812. The van der Waals surface area contributed by atoms with Gasteiger partial charge in [0, 0.05) is 0 Å². The van der Waals surface area contributed by atoms with Gasteiger partial charge in [0.2, 0.25) is 0 Å². The van der Waals surface area contributed by atoms with Crippen LogP contribution in [0.15, 0.2) is 24.3 Å². The standard InChI is InChI=1S/C16H32.C16H26/c2*1-15(2,3)11-13-8-7-9-14(10-13)12-16(4,5)6/h13-14H,7-12H2,1-6H3;7-10H,11-12H2,1-6H3. The summed E-state index contributed by atoms with van der Waals surface area (Å²) in [6, 6.07) is 9.06. The highest BCUT2D eigenvalue weighted by Gasteiger charge is 2.28. The maximum absolute atomic E-state index is 2.39. The lowest BCUT2D eigenvalue weighted by Crippen LogP contribution is -2.23. The van der Waals surface area contributed by atoms with E-state index < -0.39 is 0 Å². The minimum atomic E-state index is 0.375. The molecular weight excluding hydrogens is 384 g/mol. The summed E-state index contributed by atoms with van der Waals surface area (Å²) in [6.45, 7) is 28.1. The Kier molecular flexibility index (Phi) is 10.6. The lowest BCUT2D eigenvalue weighted by Gasteiger charge is -2.36. The Morgan fingerprint density at radius 3 is 1.28 bits per heavy atom. The molecule has 186 valence electrons. The van der Waals surface area contributed by atoms with Gasteiger partial charge >= 0.3 is 0 Å². The van der Waals surface area contributed by atoms with Crippen LogP contribution in [-0.4, -0.2) is 0 Å². The number of hydrogen-bond donors (Lipinski definition) is 0. The highest BCUT2D eigenvalue weighted by atomic mass is 14.3. The van der Waals surface area contributed by atoms with Crippen LogP contribution >= 0.6 is 0 Å². The topological polar surface area (TPSA) is 0 Å². The van der Waals surface area contributed by atoms with Crippen molar-refractivity contribution in [3.05, 3.63) is 35.4 Å². The van der Waals surface area contributed by atoms with Crippen LogP contribution in [0.25, 0.3) is 0 Å². The first-order valence-corrected chi connectivity index (χ1v) is 13.4. The molecule has 2 atom stereocenters. The van der Waals surface area contributed by atoms with E-state index in [1.807, 2.05) is 0 Å². The van der Waals surface area contributed by atoms with E-state index in [0.29, 0.717) is 21.7 Å². The second-order valence-corrected chi connectivity index (χ2v) is 15.7. The SMILES string of the molecule is CC(C)(C)CC1CCCC(CC(C)(C)C)C1.CC(C)(C)Cc1cccc(CC(C)(C)C)c1. The zero-order chi connectivity index (χ0) is 24.8. The van der Waals surface area contributed by atoms with E-state index in [9.17, 15) is 0 Å². The highest BCUT2D eigenvalue weighted by Crippen LogP contribution is 2.40. The molecule has 0 spiro atoms. The molecule has 2 unspecified atom stereocenters. The number of hydrogen-bond acceptors (Lipinski definition) is 0. The predicted molar refractivity (Wildman–Crippen MR) is 146 cm³/mol. The maximum Gasteiger partial charge on any atom is -0.0230 e. The molecule has 1 aromatic rings. The van der Waals surface area contributed by atoms with Gasteiger partial charge in [-0.1, -0.05) is 127 Å². The van der Waals surface area contributed by atoms with Crippen molar-refractivity contribution in [1.82, 2.24) is 0 Å². The Balaban J connectivity index is 0.000000320. The zero-order valence-electron chi connectivity index (χ0n) is 24.1. The van der Waals surface area contributed by atoms with Crippen LogP contribution in [0, 0.1) is 33.5 Å². The molecule has 0 radical (unpaired) electrons. The second-order valence-electron chi connectivity index (χ2n) is 15.7. The van der Waals surface area contributed by atoms with Crippen molar-refractivity contribution in [3.63, 3.8) is 0 Å². The van der Waals surface area contributed by atoms with Crippen molar-refractivity contribution < 1.29 is 0 Å². The fourth-order valence-electron chi connectivity index (χ4n) is 5.58. The summed E-state index contributed by atoms with van der Waals surface area (Å²) in [5.74, 6) is 2.00. The molecule has 0 bridgehead atoms. The Labute approximate surface area is 203 Å². The second kappa shape index (κ2) is 11.6. The Bertz CT molecular complexity index is 598. The quantitative estimate of drug-likeness (QED) is 0.435. The largest absolute Gasteiger partial charge is 0.0617 e. The van der Waals surface area contributed by atoms with E-state index in [1.165, 1.54) is 49.7 Å². The van der Waals surface area contributed by atoms with E-state index in [1.54, 1.807) is 0 Å². The first kappa shape index (κ1) is 29.3. The average molecular weight is 443 g/mol. The van der Waals surface area contributed by atoms with Crippen LogP contribution in [0.1, 0.15) is 133 Å². The van der Waals surface area contributed by atoms with Crippen molar-refractivity contribution in [1.29, 1.82) is 0 Å². The summed E-state index contributed by atoms with van der Waals surface area (Å²) >= 11 is 0. The van der Waals surface area contributed by atoms with Gasteiger partial charge in [0.15, 0.2) is 0 Å². The molecule has 0 aliphatic heterocycles. The first-order chi connectivity index (χ1) is 14.3. The van der Waals surface area contributed by atoms with E-state index in [4.69, 9.17) is 0 Å². The number of rotatable bonds is 4. The van der Waals surface area contributed by atoms with Crippen LogP contribution in [-0.2, 0) is 12.8 Å². The molecule has 1 aliphatic carbocycles. The van der Waals surface area contributed by atoms with Crippen molar-refractivity contribution in [3.8, 4) is 0 Å². The van der Waals surface area contributed by atoms with Crippen molar-refractivity contribution >= 4 is 0 Å². The predicted octanol–water partition coefficient (Wildman–Crippen LogP) is 10.5. The third-order valence-electron chi connectivity index (χ3n) is 6.15. The van der Waals surface area contributed by atoms with Gasteiger partial charge in [-0.2, -0.15) is 0 Å². The normalized spacial score (nSPS) is 20.5. The summed E-state index contributed by atoms with van der Waals surface area (Å²) in [5.41, 5.74) is 4.73. The smallest absolute Gasteiger partial charge is 0.0230 e. The average Bonchev–Trinajstić information content (AvgIpc) is 2.49. The molecule has 32 heavy (non-hydrogen) atoms. The summed E-state index contributed by atoms with van der Waals surface area (Å²) in [6.07, 6.45) is 11.1. The van der Waals surface area contributed by atoms with Crippen molar-refractivity contribution in [2.24, 2.45) is 33.5 Å². The summed E-state index contributed by atoms with van der Waals surface area (Å²) in [5, 5.41) is 0. The van der Waals surface area contributed by atoms with Gasteiger partial charge in [0.05, 0.1) is 0 Å². The molecular formula is C32H58. The molecule has 0 nitrogen and oxygen atoms in total. The lowest BCUT2D eigenvalue weighted by atomic mass is 9.70. The van der Waals surface area contributed by atoms with Gasteiger partial charge in [-0.15, -0.1) is 0 Å². The molecule has 0 aromatic heterocycles. The molecule has 1 aromatic carbocycles. The third-order valence-corrected chi connectivity index (χ3v) is 6.15. The van der Waals surface area contributed by atoms with Crippen molar-refractivity contribution in [2.45, 2.75) is 134 Å². The van der Waals surface area contributed by atoms with Gasteiger partial charge in [0.25, 0.3) is 0 Å². The molecule has 1 aliphatic rings. The van der Waals surface area contributed by atoms with Gasteiger partial charge in [-0.05, 0) is 76.7 Å². The summed E-state index contributed by atoms with van der Waals surface area (Å²) in [4.78, 5) is 0. The first-order valence-electron chi connectivity index (χ1n) is 13.4. The monoisotopic (exact) mass is 442 g/mol. The summed E-state index contributed by atoms with van der Waals surface area (Å²) in [7, 11) is 0. The Hall–Kier alpha value is -0.780. The van der Waals surface area contributed by atoms with Crippen LogP contribution < -0.4 is 0 Å².